The zero-order valence-corrected chi connectivity index (χ0v) is 14.8. The van der Waals surface area contributed by atoms with Gasteiger partial charge in [0.05, 0.1) is 24.7 Å². The molecule has 1 aromatic carbocycles. The molecule has 144 valence electrons. The van der Waals surface area contributed by atoms with Crippen LogP contribution in [0.1, 0.15) is 12.6 Å². The van der Waals surface area contributed by atoms with Gasteiger partial charge in [0.15, 0.2) is 11.6 Å². The average molecular weight is 378 g/mol. The maximum absolute atomic E-state index is 13.6. The van der Waals surface area contributed by atoms with Gasteiger partial charge >= 0.3 is 0 Å². The first kappa shape index (κ1) is 19.1. The van der Waals surface area contributed by atoms with Crippen molar-refractivity contribution >= 4 is 5.91 Å². The summed E-state index contributed by atoms with van der Waals surface area (Å²) >= 11 is 0. The Morgan fingerprint density at radius 1 is 1.37 bits per heavy atom. The summed E-state index contributed by atoms with van der Waals surface area (Å²) < 4.78 is 37.3. The number of benzene rings is 1. The van der Waals surface area contributed by atoms with Crippen LogP contribution in [0.5, 0.6) is 11.6 Å². The summed E-state index contributed by atoms with van der Waals surface area (Å²) in [5, 5.41) is 2.75. The van der Waals surface area contributed by atoms with Gasteiger partial charge in [-0.25, -0.2) is 13.8 Å². The summed E-state index contributed by atoms with van der Waals surface area (Å²) in [5.41, 5.74) is 0.679. The third kappa shape index (κ3) is 5.18. The predicted octanol–water partition coefficient (Wildman–Crippen LogP) is 1.88. The molecule has 1 N–H and O–H groups in total. The first-order valence-corrected chi connectivity index (χ1v) is 8.60. The zero-order valence-electron chi connectivity index (χ0n) is 14.8. The number of carbonyl (C=O) groups excluding carboxylic acids is 1. The number of morpholine rings is 1. The Bertz CT molecular complexity index is 789. The van der Waals surface area contributed by atoms with Gasteiger partial charge in [-0.3, -0.25) is 14.7 Å². The molecule has 1 aliphatic heterocycles. The summed E-state index contributed by atoms with van der Waals surface area (Å²) in [6.07, 6.45) is 2.39. The number of carbonyl (C=O) groups is 1. The minimum atomic E-state index is -0.814. The van der Waals surface area contributed by atoms with Crippen LogP contribution in [0, 0.1) is 11.6 Å². The molecule has 2 heterocycles. The van der Waals surface area contributed by atoms with Crippen LogP contribution in [-0.4, -0.2) is 53.1 Å². The Morgan fingerprint density at radius 2 is 2.22 bits per heavy atom. The molecule has 27 heavy (non-hydrogen) atoms. The smallest absolute Gasteiger partial charge is 0.250 e. The second-order valence-corrected chi connectivity index (χ2v) is 6.01. The van der Waals surface area contributed by atoms with Gasteiger partial charge in [0.1, 0.15) is 11.9 Å². The van der Waals surface area contributed by atoms with E-state index in [9.17, 15) is 13.6 Å². The number of rotatable bonds is 6. The Morgan fingerprint density at radius 3 is 2.93 bits per heavy atom. The summed E-state index contributed by atoms with van der Waals surface area (Å²) in [5.74, 6) is -1.65. The molecule has 1 saturated heterocycles. The molecule has 0 spiro atoms. The average Bonchev–Trinajstić information content (AvgIpc) is 2.66. The molecule has 0 radical (unpaired) electrons. The molecule has 1 aliphatic rings. The molecule has 1 aromatic heterocycles. The highest BCUT2D eigenvalue weighted by Crippen LogP contribution is 2.23. The highest BCUT2D eigenvalue weighted by atomic mass is 19.1. The highest BCUT2D eigenvalue weighted by molar-refractivity contribution is 5.81. The quantitative estimate of drug-likeness (QED) is 0.827. The van der Waals surface area contributed by atoms with E-state index in [4.69, 9.17) is 9.47 Å². The van der Waals surface area contributed by atoms with Crippen LogP contribution >= 0.6 is 0 Å². The molecule has 0 aliphatic carbocycles. The lowest BCUT2D eigenvalue weighted by Crippen LogP contribution is -2.49. The van der Waals surface area contributed by atoms with Gasteiger partial charge in [0, 0.05) is 32.2 Å². The first-order chi connectivity index (χ1) is 13.0. The lowest BCUT2D eigenvalue weighted by atomic mass is 10.2. The van der Waals surface area contributed by atoms with Crippen LogP contribution in [0.2, 0.25) is 0 Å². The number of hydrogen-bond acceptors (Lipinski definition) is 6. The van der Waals surface area contributed by atoms with Crippen molar-refractivity contribution in [1.29, 1.82) is 0 Å². The zero-order chi connectivity index (χ0) is 19.2. The van der Waals surface area contributed by atoms with Crippen molar-refractivity contribution in [2.75, 3.05) is 26.2 Å². The van der Waals surface area contributed by atoms with Gasteiger partial charge < -0.3 is 14.8 Å². The normalized spacial score (nSPS) is 17.5. The fraction of sp³-hybridized carbons (Fsp3) is 0.389. The Balaban J connectivity index is 1.58. The standard InChI is InChI=1S/C18H20F2N4O3/c1-2-21-18(25)16-11-24(5-6-26-16)10-13-8-23-17(9-22-13)27-15-4-3-12(19)7-14(15)20/h3-4,7-9,16H,2,5-6,10-11H2,1H3,(H,21,25)/t16-/m0/s1. The van der Waals surface area contributed by atoms with Gasteiger partial charge in [-0.15, -0.1) is 0 Å². The number of likely N-dealkylation sites (N-methyl/N-ethyl adjacent to an activating group) is 1. The van der Waals surface area contributed by atoms with Gasteiger partial charge in [-0.05, 0) is 19.1 Å². The topological polar surface area (TPSA) is 76.6 Å². The molecule has 1 fully saturated rings. The van der Waals surface area contributed by atoms with E-state index >= 15 is 0 Å². The van der Waals surface area contributed by atoms with E-state index in [0.29, 0.717) is 38.5 Å². The molecule has 2 aromatic rings. The largest absolute Gasteiger partial charge is 0.434 e. The number of ether oxygens (including phenoxy) is 2. The number of hydrogen-bond donors (Lipinski definition) is 1. The van der Waals surface area contributed by atoms with Crippen LogP contribution in [-0.2, 0) is 16.1 Å². The van der Waals surface area contributed by atoms with E-state index in [0.717, 1.165) is 12.1 Å². The van der Waals surface area contributed by atoms with Crippen LogP contribution in [0.15, 0.2) is 30.6 Å². The van der Waals surface area contributed by atoms with Crippen molar-refractivity contribution in [3.63, 3.8) is 0 Å². The molecule has 9 heteroatoms. The highest BCUT2D eigenvalue weighted by Gasteiger charge is 2.26. The van der Waals surface area contributed by atoms with Crippen molar-refractivity contribution in [2.45, 2.75) is 19.6 Å². The van der Waals surface area contributed by atoms with Gasteiger partial charge in [-0.1, -0.05) is 0 Å². The number of nitrogens with one attached hydrogen (secondary N) is 1. The van der Waals surface area contributed by atoms with Crippen LogP contribution < -0.4 is 10.1 Å². The lowest BCUT2D eigenvalue weighted by Gasteiger charge is -2.31. The Hall–Kier alpha value is -2.65. The SMILES string of the molecule is CCNC(=O)[C@@H]1CN(Cc2cnc(Oc3ccc(F)cc3F)cn2)CCO1. The fourth-order valence-electron chi connectivity index (χ4n) is 2.67. The summed E-state index contributed by atoms with van der Waals surface area (Å²) in [7, 11) is 0. The molecule has 0 bridgehead atoms. The molecule has 0 saturated carbocycles. The van der Waals surface area contributed by atoms with Crippen molar-refractivity contribution in [1.82, 2.24) is 20.2 Å². The van der Waals surface area contributed by atoms with Gasteiger partial charge in [0.25, 0.3) is 0 Å². The van der Waals surface area contributed by atoms with Crippen molar-refractivity contribution in [3.8, 4) is 11.6 Å². The first-order valence-electron chi connectivity index (χ1n) is 8.60. The van der Waals surface area contributed by atoms with Crippen molar-refractivity contribution in [2.24, 2.45) is 0 Å². The molecule has 3 rings (SSSR count). The van der Waals surface area contributed by atoms with E-state index in [1.807, 2.05) is 11.8 Å². The van der Waals surface area contributed by atoms with E-state index < -0.39 is 17.7 Å². The second-order valence-electron chi connectivity index (χ2n) is 6.01. The number of nitrogens with zero attached hydrogens (tertiary/aromatic N) is 3. The summed E-state index contributed by atoms with van der Waals surface area (Å²) in [4.78, 5) is 22.3. The number of amides is 1. The minimum Gasteiger partial charge on any atom is -0.434 e. The third-order valence-corrected chi connectivity index (χ3v) is 3.97. The van der Waals surface area contributed by atoms with E-state index in [1.54, 1.807) is 0 Å². The van der Waals surface area contributed by atoms with Crippen molar-refractivity contribution in [3.05, 3.63) is 47.9 Å². The molecular formula is C18H20F2N4O3. The molecule has 0 unspecified atom stereocenters. The Labute approximate surface area is 155 Å². The summed E-state index contributed by atoms with van der Waals surface area (Å²) in [6.45, 7) is 4.51. The van der Waals surface area contributed by atoms with Crippen LogP contribution in [0.25, 0.3) is 0 Å². The third-order valence-electron chi connectivity index (χ3n) is 3.97. The second kappa shape index (κ2) is 8.83. The van der Waals surface area contributed by atoms with Crippen molar-refractivity contribution < 1.29 is 23.0 Å². The molecular weight excluding hydrogens is 358 g/mol. The van der Waals surface area contributed by atoms with Gasteiger partial charge in [-0.2, -0.15) is 0 Å². The number of halogens is 2. The Kier molecular flexibility index (Phi) is 6.25. The van der Waals surface area contributed by atoms with E-state index in [1.165, 1.54) is 18.5 Å². The van der Waals surface area contributed by atoms with Crippen LogP contribution in [0.3, 0.4) is 0 Å². The van der Waals surface area contributed by atoms with Crippen LogP contribution in [0.4, 0.5) is 8.78 Å². The molecule has 1 atom stereocenters. The molecule has 7 nitrogen and oxygen atoms in total. The fourth-order valence-corrected chi connectivity index (χ4v) is 2.67. The van der Waals surface area contributed by atoms with E-state index in [2.05, 4.69) is 15.3 Å². The minimum absolute atomic E-state index is 0.103. The van der Waals surface area contributed by atoms with E-state index in [-0.39, 0.29) is 17.5 Å². The predicted molar refractivity (Wildman–Crippen MR) is 92.2 cm³/mol. The van der Waals surface area contributed by atoms with Gasteiger partial charge in [0.2, 0.25) is 11.8 Å². The number of aromatic nitrogens is 2. The lowest BCUT2D eigenvalue weighted by molar-refractivity contribution is -0.138. The summed E-state index contributed by atoms with van der Waals surface area (Å²) in [6, 6.07) is 3.03. The monoisotopic (exact) mass is 378 g/mol. The molecule has 1 amide bonds. The maximum atomic E-state index is 13.6. The maximum Gasteiger partial charge on any atom is 0.250 e.